The van der Waals surface area contributed by atoms with Crippen LogP contribution in [0, 0.1) is 0 Å². The lowest BCUT2D eigenvalue weighted by molar-refractivity contribution is -0.136. The summed E-state index contributed by atoms with van der Waals surface area (Å²) in [6.45, 7) is 2.74. The van der Waals surface area contributed by atoms with Crippen molar-refractivity contribution >= 4 is 38.9 Å². The summed E-state index contributed by atoms with van der Waals surface area (Å²) in [6.07, 6.45) is 5.00. The van der Waals surface area contributed by atoms with Crippen LogP contribution in [0.25, 0.3) is 33.5 Å². The van der Waals surface area contributed by atoms with E-state index in [1.165, 1.54) is 0 Å². The second kappa shape index (κ2) is 12.2. The lowest BCUT2D eigenvalue weighted by atomic mass is 10.00. The van der Waals surface area contributed by atoms with Gasteiger partial charge in [-0.25, -0.2) is 4.79 Å². The first kappa shape index (κ1) is 27.8. The molecule has 0 saturated heterocycles. The minimum Gasteiger partial charge on any atom is -0.450 e. The molecule has 10 nitrogen and oxygen atoms in total. The zero-order valence-corrected chi connectivity index (χ0v) is 24.0. The average molecular weight is 610 g/mol. The largest absolute Gasteiger partial charge is 0.506 e. The first-order valence-corrected chi connectivity index (χ1v) is 14.5. The van der Waals surface area contributed by atoms with Gasteiger partial charge in [-0.2, -0.15) is 5.21 Å². The second-order valence-electron chi connectivity index (χ2n) is 10.4. The Labute approximate surface area is 240 Å². The number of rotatable bonds is 11. The van der Waals surface area contributed by atoms with Crippen LogP contribution in [0.2, 0.25) is 0 Å². The Bertz CT molecular complexity index is 1480. The first-order valence-electron chi connectivity index (χ1n) is 13.7. The number of fused-ring (bicyclic) bond motifs is 1. The van der Waals surface area contributed by atoms with Gasteiger partial charge in [0.1, 0.15) is 5.60 Å². The molecule has 0 bridgehead atoms. The fourth-order valence-corrected chi connectivity index (χ4v) is 6.28. The molecular weight excluding hydrogens is 576 g/mol. The fourth-order valence-electron chi connectivity index (χ4n) is 5.64. The molecule has 3 N–H and O–H groups in total. The molecule has 5 rings (SSSR count). The van der Waals surface area contributed by atoms with Crippen LogP contribution in [0.3, 0.4) is 0 Å². The van der Waals surface area contributed by atoms with Crippen molar-refractivity contribution in [2.75, 3.05) is 6.54 Å². The molecular formula is C29H33BrN6O4. The van der Waals surface area contributed by atoms with Crippen molar-refractivity contribution in [3.05, 3.63) is 52.5 Å². The van der Waals surface area contributed by atoms with Gasteiger partial charge >= 0.3 is 6.16 Å². The van der Waals surface area contributed by atoms with Gasteiger partial charge in [-0.3, -0.25) is 4.79 Å². The molecule has 40 heavy (non-hydrogen) atoms. The normalized spacial score (nSPS) is 14.4. The number of nitrogens with one attached hydrogen (secondary N) is 2. The molecule has 1 fully saturated rings. The van der Waals surface area contributed by atoms with E-state index in [4.69, 9.17) is 4.74 Å². The Kier molecular flexibility index (Phi) is 8.49. The number of carboxylic acid groups (broad SMARTS) is 1. The lowest BCUT2D eigenvalue weighted by Crippen LogP contribution is -2.46. The fraction of sp³-hybridized carbons (Fsp3) is 0.414. The minimum absolute atomic E-state index is 0.0247. The Balaban J connectivity index is 1.45. The van der Waals surface area contributed by atoms with Crippen molar-refractivity contribution < 1.29 is 19.4 Å². The number of carbonyl (C=O) groups is 2. The number of tetrazole rings is 1. The Morgan fingerprint density at radius 3 is 2.60 bits per heavy atom. The number of unbranched alkanes of at least 4 members (excludes halogenated alkanes) is 2. The van der Waals surface area contributed by atoms with Crippen LogP contribution in [-0.2, 0) is 16.1 Å². The third kappa shape index (κ3) is 6.04. The number of H-pyrrole nitrogens is 2. The van der Waals surface area contributed by atoms with E-state index in [2.05, 4.69) is 54.5 Å². The van der Waals surface area contributed by atoms with Gasteiger partial charge in [0.2, 0.25) is 11.7 Å². The van der Waals surface area contributed by atoms with Gasteiger partial charge in [0, 0.05) is 35.0 Å². The topological polar surface area (TPSA) is 137 Å². The summed E-state index contributed by atoms with van der Waals surface area (Å²) in [5.41, 5.74) is 3.70. The molecule has 0 spiro atoms. The van der Waals surface area contributed by atoms with Crippen LogP contribution >= 0.6 is 15.9 Å². The summed E-state index contributed by atoms with van der Waals surface area (Å²) >= 11 is 3.80. The molecule has 0 unspecified atom stereocenters. The van der Waals surface area contributed by atoms with Gasteiger partial charge in [-0.05, 0) is 70.9 Å². The summed E-state index contributed by atoms with van der Waals surface area (Å²) in [5.74, 6) is 0.528. The van der Waals surface area contributed by atoms with E-state index < -0.39 is 11.8 Å². The van der Waals surface area contributed by atoms with E-state index in [1.807, 2.05) is 36.4 Å². The molecule has 210 valence electrons. The van der Waals surface area contributed by atoms with Gasteiger partial charge in [0.05, 0.1) is 16.7 Å². The van der Waals surface area contributed by atoms with E-state index in [1.54, 1.807) is 4.90 Å². The monoisotopic (exact) mass is 608 g/mol. The van der Waals surface area contributed by atoms with Crippen LogP contribution in [0.4, 0.5) is 4.79 Å². The number of aromatic amines is 2. The predicted molar refractivity (Wildman–Crippen MR) is 154 cm³/mol. The molecule has 0 radical (unpaired) electrons. The van der Waals surface area contributed by atoms with Crippen molar-refractivity contribution in [3.8, 4) is 22.6 Å². The number of hydrogen-bond acceptors (Lipinski definition) is 6. The van der Waals surface area contributed by atoms with E-state index in [9.17, 15) is 14.7 Å². The Morgan fingerprint density at radius 2 is 1.90 bits per heavy atom. The maximum Gasteiger partial charge on any atom is 0.506 e. The summed E-state index contributed by atoms with van der Waals surface area (Å²) in [4.78, 5) is 30.2. The predicted octanol–water partition coefficient (Wildman–Crippen LogP) is 6.69. The highest BCUT2D eigenvalue weighted by Gasteiger charge is 2.40. The zero-order chi connectivity index (χ0) is 28.1. The summed E-state index contributed by atoms with van der Waals surface area (Å²) in [6, 6.07) is 13.9. The summed E-state index contributed by atoms with van der Waals surface area (Å²) < 4.78 is 6.31. The molecule has 1 aliphatic rings. The highest BCUT2D eigenvalue weighted by molar-refractivity contribution is 9.10. The smallest absolute Gasteiger partial charge is 0.450 e. The maximum absolute atomic E-state index is 13.4. The molecule has 2 aromatic carbocycles. The Morgan fingerprint density at radius 1 is 1.12 bits per heavy atom. The van der Waals surface area contributed by atoms with E-state index in [-0.39, 0.29) is 12.5 Å². The molecule has 2 aromatic heterocycles. The number of benzene rings is 2. The van der Waals surface area contributed by atoms with Crippen molar-refractivity contribution in [1.82, 2.24) is 30.5 Å². The van der Waals surface area contributed by atoms with Crippen LogP contribution < -0.4 is 0 Å². The second-order valence-corrected chi connectivity index (χ2v) is 11.2. The van der Waals surface area contributed by atoms with Crippen molar-refractivity contribution in [2.24, 2.45) is 0 Å². The summed E-state index contributed by atoms with van der Waals surface area (Å²) in [5, 5.41) is 24.9. The van der Waals surface area contributed by atoms with Gasteiger partial charge in [0.15, 0.2) is 0 Å². The molecule has 1 amide bonds. The highest BCUT2D eigenvalue weighted by atomic mass is 79.9. The number of aromatic nitrogens is 5. The van der Waals surface area contributed by atoms with Gasteiger partial charge in [0.25, 0.3) is 0 Å². The minimum atomic E-state index is -1.29. The number of halogens is 1. The standard InChI is InChI=1S/C29H33BrN6O4/c1-2-3-4-11-24(37)36(18-29(40-28(38)39)14-7-8-15-29)17-19-12-13-23-22(16-19)25(30)26(31-23)20-9-5-6-10-21(20)27-32-34-35-33-27/h5-6,9-10,12-13,16,31H,2-4,7-8,11,14-15,17-18H2,1H3,(H,38,39)(H,32,33,34,35). The molecule has 1 saturated carbocycles. The van der Waals surface area contributed by atoms with Crippen molar-refractivity contribution in [3.63, 3.8) is 0 Å². The van der Waals surface area contributed by atoms with Gasteiger partial charge in [-0.15, -0.1) is 10.2 Å². The van der Waals surface area contributed by atoms with Crippen molar-refractivity contribution in [2.45, 2.75) is 70.4 Å². The number of hydrogen-bond donors (Lipinski definition) is 3. The zero-order valence-electron chi connectivity index (χ0n) is 22.5. The van der Waals surface area contributed by atoms with Crippen molar-refractivity contribution in [1.29, 1.82) is 0 Å². The van der Waals surface area contributed by atoms with Crippen LogP contribution in [0.15, 0.2) is 46.9 Å². The van der Waals surface area contributed by atoms with Crippen LogP contribution in [-0.4, -0.2) is 59.8 Å². The third-order valence-corrected chi connectivity index (χ3v) is 8.42. The number of amides is 1. The molecule has 4 aromatic rings. The molecule has 2 heterocycles. The third-order valence-electron chi connectivity index (χ3n) is 7.60. The maximum atomic E-state index is 13.4. The quantitative estimate of drug-likeness (QED) is 0.127. The van der Waals surface area contributed by atoms with Gasteiger partial charge in [-0.1, -0.05) is 50.1 Å². The van der Waals surface area contributed by atoms with Crippen LogP contribution in [0.5, 0.6) is 0 Å². The summed E-state index contributed by atoms with van der Waals surface area (Å²) in [7, 11) is 0. The lowest BCUT2D eigenvalue weighted by Gasteiger charge is -2.34. The number of ether oxygens (including phenoxy) is 1. The first-order chi connectivity index (χ1) is 19.4. The average Bonchev–Trinajstić information content (AvgIpc) is 3.70. The highest BCUT2D eigenvalue weighted by Crippen LogP contribution is 2.39. The van der Waals surface area contributed by atoms with Gasteiger partial charge < -0.3 is 19.7 Å². The molecule has 0 aliphatic heterocycles. The molecule has 11 heteroatoms. The van der Waals surface area contributed by atoms with E-state index >= 15 is 0 Å². The Hall–Kier alpha value is -3.73. The molecule has 0 atom stereocenters. The SMILES string of the molecule is CCCCCC(=O)N(Cc1ccc2[nH]c(-c3ccccc3-c3nn[nH]n3)c(Br)c2c1)CC1(OC(=O)O)CCCC1. The number of carbonyl (C=O) groups excluding carboxylic acids is 1. The van der Waals surface area contributed by atoms with Crippen LogP contribution in [0.1, 0.15) is 63.9 Å². The molecule has 1 aliphatic carbocycles. The number of nitrogens with zero attached hydrogens (tertiary/aromatic N) is 4. The van der Waals surface area contributed by atoms with E-state index in [0.717, 1.165) is 69.9 Å². The van der Waals surface area contributed by atoms with E-state index in [0.29, 0.717) is 31.6 Å².